The SMILES string of the molecule is CCS(=O)(=O)N1CCC(c2c[nH]c3c(C(N)=O)cc(-c4ccc(CCC5CC5)s4)cc23)CC1. The maximum absolute atomic E-state index is 12.3. The number of aromatic amines is 1. The van der Waals surface area contributed by atoms with Crippen molar-refractivity contribution < 1.29 is 13.2 Å². The quantitative estimate of drug-likeness (QED) is 0.476. The molecule has 3 aromatic rings. The Kier molecular flexibility index (Phi) is 6.09. The third-order valence-corrected chi connectivity index (χ3v) is 10.3. The van der Waals surface area contributed by atoms with Gasteiger partial charge >= 0.3 is 0 Å². The van der Waals surface area contributed by atoms with Crippen molar-refractivity contribution in [3.63, 3.8) is 0 Å². The van der Waals surface area contributed by atoms with Gasteiger partial charge in [-0.3, -0.25) is 4.79 Å². The summed E-state index contributed by atoms with van der Waals surface area (Å²) in [5.74, 6) is 0.856. The van der Waals surface area contributed by atoms with E-state index in [-0.39, 0.29) is 11.7 Å². The van der Waals surface area contributed by atoms with Crippen molar-refractivity contribution in [2.45, 2.75) is 51.4 Å². The van der Waals surface area contributed by atoms with Gasteiger partial charge in [0.05, 0.1) is 16.8 Å². The van der Waals surface area contributed by atoms with Gasteiger partial charge in [0.2, 0.25) is 10.0 Å². The molecule has 2 aromatic heterocycles. The average Bonchev–Trinajstić information content (AvgIpc) is 3.36. The van der Waals surface area contributed by atoms with Crippen LogP contribution in [0.25, 0.3) is 21.3 Å². The molecule has 0 spiro atoms. The topological polar surface area (TPSA) is 96.3 Å². The van der Waals surface area contributed by atoms with Gasteiger partial charge in [0.1, 0.15) is 0 Å². The van der Waals surface area contributed by atoms with Gasteiger partial charge in [0.25, 0.3) is 5.91 Å². The number of piperidine rings is 1. The molecule has 3 heterocycles. The number of aromatic nitrogens is 1. The van der Waals surface area contributed by atoms with Crippen molar-refractivity contribution in [3.05, 3.63) is 46.5 Å². The first-order valence-electron chi connectivity index (χ1n) is 11.9. The van der Waals surface area contributed by atoms with Gasteiger partial charge in [-0.2, -0.15) is 0 Å². The van der Waals surface area contributed by atoms with Gasteiger partial charge in [-0.25, -0.2) is 12.7 Å². The molecule has 2 aliphatic rings. The Morgan fingerprint density at radius 1 is 1.18 bits per heavy atom. The van der Waals surface area contributed by atoms with E-state index in [0.717, 1.165) is 52.1 Å². The number of carbonyl (C=O) groups excluding carboxylic acids is 1. The monoisotopic (exact) mass is 485 g/mol. The maximum atomic E-state index is 12.3. The maximum Gasteiger partial charge on any atom is 0.250 e. The number of nitrogens with two attached hydrogens (primary N) is 1. The number of primary amides is 1. The van der Waals surface area contributed by atoms with Crippen LogP contribution >= 0.6 is 11.3 Å². The molecule has 1 saturated carbocycles. The van der Waals surface area contributed by atoms with E-state index in [1.807, 2.05) is 12.3 Å². The van der Waals surface area contributed by atoms with Crippen LogP contribution < -0.4 is 5.73 Å². The first-order chi connectivity index (χ1) is 15.9. The Balaban J connectivity index is 1.45. The number of fused-ring (bicyclic) bond motifs is 1. The summed E-state index contributed by atoms with van der Waals surface area (Å²) in [6, 6.07) is 8.43. The van der Waals surface area contributed by atoms with Crippen LogP contribution in [0, 0.1) is 5.92 Å². The van der Waals surface area contributed by atoms with Crippen molar-refractivity contribution in [1.29, 1.82) is 0 Å². The third kappa shape index (κ3) is 4.61. The first kappa shape index (κ1) is 22.6. The molecule has 0 bridgehead atoms. The number of carbonyl (C=O) groups is 1. The molecule has 1 amide bonds. The van der Waals surface area contributed by atoms with Gasteiger partial charge in [-0.05, 0) is 79.8 Å². The number of H-pyrrole nitrogens is 1. The second kappa shape index (κ2) is 8.89. The zero-order valence-corrected chi connectivity index (χ0v) is 20.6. The zero-order chi connectivity index (χ0) is 23.2. The van der Waals surface area contributed by atoms with Crippen LogP contribution in [0.15, 0.2) is 30.5 Å². The number of sulfonamides is 1. The lowest BCUT2D eigenvalue weighted by atomic mass is 9.89. The number of nitrogens with one attached hydrogen (secondary N) is 1. The molecule has 0 atom stereocenters. The molecular formula is C25H31N3O3S2. The highest BCUT2D eigenvalue weighted by Crippen LogP contribution is 2.39. The first-order valence-corrected chi connectivity index (χ1v) is 14.3. The molecule has 5 rings (SSSR count). The van der Waals surface area contributed by atoms with Crippen molar-refractivity contribution in [1.82, 2.24) is 9.29 Å². The van der Waals surface area contributed by atoms with Crippen LogP contribution in [0.5, 0.6) is 0 Å². The molecule has 1 saturated heterocycles. The summed E-state index contributed by atoms with van der Waals surface area (Å²) in [5, 5.41) is 1.02. The second-order valence-corrected chi connectivity index (χ2v) is 12.8. The Morgan fingerprint density at radius 3 is 2.61 bits per heavy atom. The van der Waals surface area contributed by atoms with E-state index in [2.05, 4.69) is 23.2 Å². The second-order valence-electron chi connectivity index (χ2n) is 9.38. The van der Waals surface area contributed by atoms with E-state index in [0.29, 0.717) is 18.7 Å². The highest BCUT2D eigenvalue weighted by Gasteiger charge is 2.29. The summed E-state index contributed by atoms with van der Waals surface area (Å²) < 4.78 is 26.1. The molecular weight excluding hydrogens is 454 g/mol. The van der Waals surface area contributed by atoms with Crippen LogP contribution in [0.3, 0.4) is 0 Å². The lowest BCUT2D eigenvalue weighted by Gasteiger charge is -2.31. The van der Waals surface area contributed by atoms with Crippen LogP contribution in [-0.2, 0) is 16.4 Å². The van der Waals surface area contributed by atoms with E-state index in [4.69, 9.17) is 5.73 Å². The molecule has 3 N–H and O–H groups in total. The van der Waals surface area contributed by atoms with Crippen LogP contribution in [-0.4, -0.2) is 42.5 Å². The fourth-order valence-electron chi connectivity index (χ4n) is 4.98. The fourth-order valence-corrected chi connectivity index (χ4v) is 7.12. The summed E-state index contributed by atoms with van der Waals surface area (Å²) in [5.41, 5.74) is 9.21. The number of aryl methyl sites for hydroxylation is 1. The standard InChI is InChI=1S/C25H31N3O3S2/c1-2-33(30,31)28-11-9-17(10-12-28)22-15-27-24-20(22)13-18(14-21(24)25(26)29)23-8-7-19(32-23)6-5-16-3-4-16/h7-8,13-17,27H,2-6,9-12H2,1H3,(H2,26,29). The minimum absolute atomic E-state index is 0.138. The van der Waals surface area contributed by atoms with Crippen LogP contribution in [0.4, 0.5) is 0 Å². The van der Waals surface area contributed by atoms with Crippen molar-refractivity contribution in [3.8, 4) is 10.4 Å². The van der Waals surface area contributed by atoms with E-state index in [1.165, 1.54) is 24.1 Å². The number of thiophene rings is 1. The molecule has 1 aliphatic carbocycles. The molecule has 8 heteroatoms. The third-order valence-electron chi connectivity index (χ3n) is 7.18. The van der Waals surface area contributed by atoms with E-state index in [1.54, 1.807) is 22.6 Å². The predicted octanol–water partition coefficient (Wildman–Crippen LogP) is 4.87. The molecule has 176 valence electrons. The lowest BCUT2D eigenvalue weighted by molar-refractivity contribution is 0.100. The number of benzene rings is 1. The van der Waals surface area contributed by atoms with Gasteiger partial charge in [0, 0.05) is 34.4 Å². The number of hydrogen-bond acceptors (Lipinski definition) is 4. The highest BCUT2D eigenvalue weighted by molar-refractivity contribution is 7.89. The van der Waals surface area contributed by atoms with Gasteiger partial charge < -0.3 is 10.7 Å². The van der Waals surface area contributed by atoms with Crippen molar-refractivity contribution in [2.75, 3.05) is 18.8 Å². The average molecular weight is 486 g/mol. The number of amides is 1. The van der Waals surface area contributed by atoms with Crippen LogP contribution in [0.2, 0.25) is 0 Å². The molecule has 1 aromatic carbocycles. The predicted molar refractivity (Wildman–Crippen MR) is 134 cm³/mol. The molecule has 6 nitrogen and oxygen atoms in total. The molecule has 0 radical (unpaired) electrons. The van der Waals surface area contributed by atoms with E-state index >= 15 is 0 Å². The fraction of sp³-hybridized carbons (Fsp3) is 0.480. The number of nitrogens with zero attached hydrogens (tertiary/aromatic N) is 1. The Bertz CT molecular complexity index is 1280. The Labute approximate surface area is 199 Å². The minimum Gasteiger partial charge on any atom is -0.366 e. The number of rotatable bonds is 8. The molecule has 1 aliphatic heterocycles. The van der Waals surface area contributed by atoms with Crippen molar-refractivity contribution >= 4 is 38.2 Å². The molecule has 2 fully saturated rings. The Morgan fingerprint density at radius 2 is 1.94 bits per heavy atom. The highest BCUT2D eigenvalue weighted by atomic mass is 32.2. The summed E-state index contributed by atoms with van der Waals surface area (Å²) in [4.78, 5) is 18.1. The number of hydrogen-bond donors (Lipinski definition) is 2. The van der Waals surface area contributed by atoms with Crippen LogP contribution in [0.1, 0.15) is 65.7 Å². The molecule has 0 unspecified atom stereocenters. The van der Waals surface area contributed by atoms with E-state index in [9.17, 15) is 13.2 Å². The van der Waals surface area contributed by atoms with Gasteiger partial charge in [-0.15, -0.1) is 11.3 Å². The van der Waals surface area contributed by atoms with E-state index < -0.39 is 15.9 Å². The summed E-state index contributed by atoms with van der Waals surface area (Å²) in [7, 11) is -3.16. The zero-order valence-electron chi connectivity index (χ0n) is 19.0. The minimum atomic E-state index is -3.16. The normalized spacial score (nSPS) is 18.2. The van der Waals surface area contributed by atoms with Crippen molar-refractivity contribution in [2.24, 2.45) is 11.7 Å². The smallest absolute Gasteiger partial charge is 0.250 e. The summed E-state index contributed by atoms with van der Waals surface area (Å²) in [6.45, 7) is 2.76. The van der Waals surface area contributed by atoms with Gasteiger partial charge in [-0.1, -0.05) is 12.8 Å². The van der Waals surface area contributed by atoms with Gasteiger partial charge in [0.15, 0.2) is 0 Å². The Hall–Kier alpha value is -2.16. The summed E-state index contributed by atoms with van der Waals surface area (Å²) >= 11 is 1.80. The molecule has 33 heavy (non-hydrogen) atoms. The largest absolute Gasteiger partial charge is 0.366 e. The lowest BCUT2D eigenvalue weighted by Crippen LogP contribution is -2.38. The summed E-state index contributed by atoms with van der Waals surface area (Å²) in [6.07, 6.45) is 8.64.